The van der Waals surface area contributed by atoms with Gasteiger partial charge in [0.25, 0.3) is 5.56 Å². The van der Waals surface area contributed by atoms with Gasteiger partial charge in [0.05, 0.1) is 5.25 Å². The Morgan fingerprint density at radius 3 is 2.64 bits per heavy atom. The smallest absolute Gasteiger partial charge is 0.273 e. The number of rotatable bonds is 5. The van der Waals surface area contributed by atoms with E-state index in [4.69, 9.17) is 0 Å². The van der Waals surface area contributed by atoms with E-state index in [9.17, 15) is 14.0 Å². The van der Waals surface area contributed by atoms with Crippen LogP contribution in [-0.4, -0.2) is 26.3 Å². The molecule has 6 nitrogen and oxygen atoms in total. The van der Waals surface area contributed by atoms with Gasteiger partial charge in [0.1, 0.15) is 11.5 Å². The molecule has 2 N–H and O–H groups in total. The van der Waals surface area contributed by atoms with Gasteiger partial charge in [0, 0.05) is 5.69 Å². The minimum atomic E-state index is -0.447. The van der Waals surface area contributed by atoms with Crippen molar-refractivity contribution >= 4 is 23.4 Å². The van der Waals surface area contributed by atoms with E-state index < -0.39 is 5.25 Å². The summed E-state index contributed by atoms with van der Waals surface area (Å²) in [6.45, 7) is 3.40. The highest BCUT2D eigenvalue weighted by Gasteiger charge is 2.19. The van der Waals surface area contributed by atoms with Crippen LogP contribution >= 0.6 is 11.8 Å². The highest BCUT2D eigenvalue weighted by Crippen LogP contribution is 2.22. The van der Waals surface area contributed by atoms with Gasteiger partial charge in [-0.05, 0) is 37.6 Å². The van der Waals surface area contributed by atoms with Gasteiger partial charge in [0.2, 0.25) is 5.91 Å². The van der Waals surface area contributed by atoms with Gasteiger partial charge in [-0.15, -0.1) is 10.2 Å². The summed E-state index contributed by atoms with van der Waals surface area (Å²) in [5.74, 6) is -0.616. The lowest BCUT2D eigenvalue weighted by Crippen LogP contribution is -2.25. The average molecular weight is 322 g/mol. The highest BCUT2D eigenvalue weighted by molar-refractivity contribution is 8.00. The second kappa shape index (κ2) is 7.17. The summed E-state index contributed by atoms with van der Waals surface area (Å²) >= 11 is 1.13. The van der Waals surface area contributed by atoms with Crippen molar-refractivity contribution in [3.63, 3.8) is 0 Å². The third kappa shape index (κ3) is 4.14. The first-order valence-corrected chi connectivity index (χ1v) is 7.54. The topological polar surface area (TPSA) is 87.7 Å². The summed E-state index contributed by atoms with van der Waals surface area (Å²) < 4.78 is 12.8. The van der Waals surface area contributed by atoms with Crippen LogP contribution in [0.4, 0.5) is 10.1 Å². The van der Waals surface area contributed by atoms with Gasteiger partial charge in [-0.25, -0.2) is 4.39 Å². The number of anilines is 1. The molecular formula is C14H15FN4O2S. The van der Waals surface area contributed by atoms with Crippen LogP contribution in [0.3, 0.4) is 0 Å². The first-order chi connectivity index (χ1) is 10.5. The zero-order valence-corrected chi connectivity index (χ0v) is 12.9. The number of hydrogen-bond acceptors (Lipinski definition) is 5. The number of H-pyrrole nitrogens is 1. The van der Waals surface area contributed by atoms with Gasteiger partial charge >= 0.3 is 0 Å². The van der Waals surface area contributed by atoms with Gasteiger partial charge in [-0.3, -0.25) is 14.6 Å². The van der Waals surface area contributed by atoms with Crippen LogP contribution in [0.5, 0.6) is 0 Å². The Balaban J connectivity index is 2.06. The second-order valence-corrected chi connectivity index (χ2v) is 5.75. The van der Waals surface area contributed by atoms with Crippen molar-refractivity contribution in [1.29, 1.82) is 0 Å². The molecule has 22 heavy (non-hydrogen) atoms. The SMILES string of the molecule is CCC(Sc1nnc(C)c(=O)[nH]1)C(=O)Nc1ccc(F)cc1. The van der Waals surface area contributed by atoms with Crippen LogP contribution in [0.15, 0.2) is 34.2 Å². The Labute approximate surface area is 130 Å². The zero-order chi connectivity index (χ0) is 16.1. The van der Waals surface area contributed by atoms with E-state index in [0.717, 1.165) is 11.8 Å². The first kappa shape index (κ1) is 16.2. The predicted octanol–water partition coefficient (Wildman–Crippen LogP) is 2.12. The molecule has 0 spiro atoms. The van der Waals surface area contributed by atoms with E-state index in [2.05, 4.69) is 20.5 Å². The maximum absolute atomic E-state index is 12.8. The number of hydrogen-bond donors (Lipinski definition) is 2. The number of thioether (sulfide) groups is 1. The summed E-state index contributed by atoms with van der Waals surface area (Å²) in [5, 5.41) is 10.1. The van der Waals surface area contributed by atoms with E-state index in [1.54, 1.807) is 6.92 Å². The molecule has 2 rings (SSSR count). The quantitative estimate of drug-likeness (QED) is 0.823. The molecule has 0 radical (unpaired) electrons. The molecule has 2 aromatic rings. The minimum absolute atomic E-state index is 0.248. The number of aryl methyl sites for hydroxylation is 1. The van der Waals surface area contributed by atoms with E-state index >= 15 is 0 Å². The Bertz CT molecular complexity index is 718. The predicted molar refractivity (Wildman–Crippen MR) is 82.4 cm³/mol. The number of aromatic amines is 1. The van der Waals surface area contributed by atoms with E-state index in [1.807, 2.05) is 6.92 Å². The molecule has 1 amide bonds. The van der Waals surface area contributed by atoms with Crippen molar-refractivity contribution < 1.29 is 9.18 Å². The van der Waals surface area contributed by atoms with Crippen LogP contribution in [-0.2, 0) is 4.79 Å². The van der Waals surface area contributed by atoms with E-state index in [0.29, 0.717) is 12.1 Å². The minimum Gasteiger partial charge on any atom is -0.325 e. The number of benzene rings is 1. The van der Waals surface area contributed by atoms with E-state index in [-0.39, 0.29) is 28.1 Å². The fourth-order valence-corrected chi connectivity index (χ4v) is 2.49. The second-order valence-electron chi connectivity index (χ2n) is 4.56. The van der Waals surface area contributed by atoms with Gasteiger partial charge < -0.3 is 5.32 Å². The molecule has 0 saturated heterocycles. The monoisotopic (exact) mass is 322 g/mol. The van der Waals surface area contributed by atoms with Crippen LogP contribution in [0.2, 0.25) is 0 Å². The summed E-state index contributed by atoms with van der Waals surface area (Å²) in [6, 6.07) is 5.51. The van der Waals surface area contributed by atoms with Gasteiger partial charge in [0.15, 0.2) is 5.16 Å². The Hall–Kier alpha value is -2.22. The number of nitrogens with one attached hydrogen (secondary N) is 2. The van der Waals surface area contributed by atoms with Crippen LogP contribution < -0.4 is 10.9 Å². The maximum Gasteiger partial charge on any atom is 0.273 e. The standard InChI is InChI=1S/C14H15FN4O2S/c1-3-11(22-14-17-12(20)8(2)18-19-14)13(21)16-10-6-4-9(15)5-7-10/h4-7,11H,3H2,1-2H3,(H,16,21)(H,17,19,20). The first-order valence-electron chi connectivity index (χ1n) is 6.66. The number of nitrogens with zero attached hydrogens (tertiary/aromatic N) is 2. The van der Waals surface area contributed by atoms with Crippen molar-refractivity contribution in [3.8, 4) is 0 Å². The molecule has 0 fully saturated rings. The number of carbonyl (C=O) groups excluding carboxylic acids is 1. The largest absolute Gasteiger partial charge is 0.325 e. The fraction of sp³-hybridized carbons (Fsp3) is 0.286. The summed E-state index contributed by atoms with van der Waals surface area (Å²) in [5.41, 5.74) is 0.452. The Morgan fingerprint density at radius 1 is 1.36 bits per heavy atom. The summed E-state index contributed by atoms with van der Waals surface area (Å²) in [6.07, 6.45) is 0.537. The number of aromatic nitrogens is 3. The lowest BCUT2D eigenvalue weighted by atomic mass is 10.2. The van der Waals surface area contributed by atoms with Crippen LogP contribution in [0.25, 0.3) is 0 Å². The molecule has 0 aliphatic carbocycles. The molecule has 0 bridgehead atoms. The molecule has 1 unspecified atom stereocenters. The van der Waals surface area contributed by atoms with Crippen molar-refractivity contribution in [1.82, 2.24) is 15.2 Å². The molecule has 8 heteroatoms. The number of carbonyl (C=O) groups is 1. The highest BCUT2D eigenvalue weighted by atomic mass is 32.2. The van der Waals surface area contributed by atoms with Gasteiger partial charge in [-0.1, -0.05) is 18.7 Å². The Kier molecular flexibility index (Phi) is 5.26. The molecule has 1 heterocycles. The molecule has 1 aromatic heterocycles. The lowest BCUT2D eigenvalue weighted by molar-refractivity contribution is -0.115. The van der Waals surface area contributed by atoms with Crippen molar-refractivity contribution in [3.05, 3.63) is 46.1 Å². The molecule has 0 aliphatic heterocycles. The van der Waals surface area contributed by atoms with Gasteiger partial charge in [-0.2, -0.15) is 0 Å². The maximum atomic E-state index is 12.8. The molecule has 0 saturated carbocycles. The van der Waals surface area contributed by atoms with Crippen molar-refractivity contribution in [2.24, 2.45) is 0 Å². The zero-order valence-electron chi connectivity index (χ0n) is 12.1. The molecular weight excluding hydrogens is 307 g/mol. The van der Waals surface area contributed by atoms with E-state index in [1.165, 1.54) is 24.3 Å². The number of amides is 1. The summed E-state index contributed by atoms with van der Waals surface area (Å²) in [4.78, 5) is 26.3. The number of halogens is 1. The van der Waals surface area contributed by atoms with Crippen molar-refractivity contribution in [2.45, 2.75) is 30.7 Å². The fourth-order valence-electron chi connectivity index (χ4n) is 1.64. The molecule has 1 atom stereocenters. The lowest BCUT2D eigenvalue weighted by Gasteiger charge is -2.13. The molecule has 116 valence electrons. The third-order valence-corrected chi connectivity index (χ3v) is 4.11. The Morgan fingerprint density at radius 2 is 2.05 bits per heavy atom. The molecule has 0 aliphatic rings. The van der Waals surface area contributed by atoms with Crippen LogP contribution in [0, 0.1) is 12.7 Å². The third-order valence-electron chi connectivity index (χ3n) is 2.87. The average Bonchev–Trinajstić information content (AvgIpc) is 2.50. The van der Waals surface area contributed by atoms with Crippen LogP contribution in [0.1, 0.15) is 19.0 Å². The molecule has 1 aromatic carbocycles. The van der Waals surface area contributed by atoms with Crippen molar-refractivity contribution in [2.75, 3.05) is 5.32 Å². The summed E-state index contributed by atoms with van der Waals surface area (Å²) in [7, 11) is 0. The normalized spacial score (nSPS) is 12.0.